The second kappa shape index (κ2) is 10.8. The van der Waals surface area contributed by atoms with E-state index in [0.717, 1.165) is 34.2 Å². The van der Waals surface area contributed by atoms with Gasteiger partial charge in [-0.3, -0.25) is 9.69 Å². The summed E-state index contributed by atoms with van der Waals surface area (Å²) in [6, 6.07) is 17.5. The summed E-state index contributed by atoms with van der Waals surface area (Å²) in [5.41, 5.74) is 1.38. The quantitative estimate of drug-likeness (QED) is 0.330. The summed E-state index contributed by atoms with van der Waals surface area (Å²) >= 11 is 1.45. The zero-order valence-electron chi connectivity index (χ0n) is 19.2. The first kappa shape index (κ1) is 24.8. The molecule has 0 radical (unpaired) electrons. The number of methoxy groups -OCH3 is 2. The Morgan fingerprint density at radius 1 is 0.939 bits per heavy atom. The van der Waals surface area contributed by atoms with Gasteiger partial charge in [-0.1, -0.05) is 47.7 Å². The van der Waals surface area contributed by atoms with E-state index in [1.807, 2.05) is 68.7 Å². The molecule has 1 amide bonds. The number of hydrogen-bond donors (Lipinski definition) is 0. The van der Waals surface area contributed by atoms with Crippen molar-refractivity contribution in [2.24, 2.45) is 0 Å². The van der Waals surface area contributed by atoms with Crippen LogP contribution in [0.4, 0.5) is 5.13 Å². The van der Waals surface area contributed by atoms with Crippen molar-refractivity contribution < 1.29 is 14.3 Å². The Hall–Kier alpha value is -2.87. The van der Waals surface area contributed by atoms with Gasteiger partial charge in [0, 0.05) is 12.1 Å². The molecular formula is C25H28ClN3O3S. The molecule has 0 fully saturated rings. The highest BCUT2D eigenvalue weighted by Crippen LogP contribution is 2.40. The van der Waals surface area contributed by atoms with Crippen LogP contribution in [0.1, 0.15) is 16.8 Å². The molecule has 4 aromatic rings. The zero-order chi connectivity index (χ0) is 22.7. The fraction of sp³-hybridized carbons (Fsp3) is 0.280. The Balaban J connectivity index is 0.00000306. The van der Waals surface area contributed by atoms with Crippen LogP contribution in [0.3, 0.4) is 0 Å². The monoisotopic (exact) mass is 485 g/mol. The van der Waals surface area contributed by atoms with Crippen molar-refractivity contribution in [2.75, 3.05) is 46.3 Å². The van der Waals surface area contributed by atoms with Crippen LogP contribution in [0.5, 0.6) is 11.5 Å². The van der Waals surface area contributed by atoms with Crippen LogP contribution >= 0.6 is 23.7 Å². The van der Waals surface area contributed by atoms with Crippen molar-refractivity contribution in [3.8, 4) is 11.5 Å². The second-order valence-corrected chi connectivity index (χ2v) is 8.76. The zero-order valence-corrected chi connectivity index (χ0v) is 20.8. The molecule has 0 aliphatic carbocycles. The third-order valence-corrected chi connectivity index (χ3v) is 6.48. The topological polar surface area (TPSA) is 54.9 Å². The summed E-state index contributed by atoms with van der Waals surface area (Å²) in [7, 11) is 7.32. The van der Waals surface area contributed by atoms with E-state index in [1.54, 1.807) is 19.1 Å². The molecule has 174 valence electrons. The number of fused-ring (bicyclic) bond motifs is 2. The molecule has 1 heterocycles. The minimum atomic E-state index is -0.0578. The Morgan fingerprint density at radius 2 is 1.64 bits per heavy atom. The highest BCUT2D eigenvalue weighted by Gasteiger charge is 2.24. The Kier molecular flexibility index (Phi) is 8.13. The van der Waals surface area contributed by atoms with E-state index in [0.29, 0.717) is 28.5 Å². The van der Waals surface area contributed by atoms with E-state index in [9.17, 15) is 4.79 Å². The molecule has 3 aromatic carbocycles. The van der Waals surface area contributed by atoms with Crippen molar-refractivity contribution in [2.45, 2.75) is 6.42 Å². The Labute approximate surface area is 204 Å². The van der Waals surface area contributed by atoms with Crippen molar-refractivity contribution in [1.29, 1.82) is 0 Å². The molecule has 0 saturated heterocycles. The predicted octanol–water partition coefficient (Wildman–Crippen LogP) is 5.49. The number of amides is 1. The lowest BCUT2D eigenvalue weighted by molar-refractivity contribution is 0.0987. The number of rotatable bonds is 8. The average Bonchev–Trinajstić information content (AvgIpc) is 3.25. The molecule has 0 atom stereocenters. The molecule has 0 unspecified atom stereocenters. The van der Waals surface area contributed by atoms with Gasteiger partial charge in [0.1, 0.15) is 21.7 Å². The van der Waals surface area contributed by atoms with Crippen LogP contribution in [0.15, 0.2) is 54.6 Å². The molecule has 0 aliphatic rings. The lowest BCUT2D eigenvalue weighted by Gasteiger charge is -2.22. The molecule has 0 N–H and O–H groups in total. The van der Waals surface area contributed by atoms with Gasteiger partial charge < -0.3 is 14.4 Å². The maximum atomic E-state index is 13.8. The highest BCUT2D eigenvalue weighted by atomic mass is 35.5. The van der Waals surface area contributed by atoms with E-state index >= 15 is 0 Å². The highest BCUT2D eigenvalue weighted by molar-refractivity contribution is 7.22. The number of anilines is 1. The van der Waals surface area contributed by atoms with Gasteiger partial charge in [0.25, 0.3) is 5.91 Å². The van der Waals surface area contributed by atoms with Gasteiger partial charge >= 0.3 is 0 Å². The van der Waals surface area contributed by atoms with E-state index < -0.39 is 0 Å². The SMILES string of the molecule is COc1ccc(OC)c2sc(N(CCCN(C)C)C(=O)c3cccc4ccccc34)nc12.Cl. The molecule has 8 heteroatoms. The first-order valence-electron chi connectivity index (χ1n) is 10.5. The first-order valence-corrected chi connectivity index (χ1v) is 11.3. The molecule has 1 aromatic heterocycles. The van der Waals surface area contributed by atoms with Gasteiger partial charge in [0.05, 0.1) is 14.2 Å². The maximum Gasteiger partial charge on any atom is 0.260 e. The number of halogens is 1. The number of thiazole rings is 1. The van der Waals surface area contributed by atoms with E-state index in [2.05, 4.69) is 4.90 Å². The lowest BCUT2D eigenvalue weighted by atomic mass is 10.0. The summed E-state index contributed by atoms with van der Waals surface area (Å²) in [5, 5.41) is 2.62. The lowest BCUT2D eigenvalue weighted by Crippen LogP contribution is -2.33. The van der Waals surface area contributed by atoms with Crippen LogP contribution in [-0.2, 0) is 0 Å². The number of carbonyl (C=O) groups excluding carboxylic acids is 1. The molecule has 0 spiro atoms. The van der Waals surface area contributed by atoms with Crippen molar-refractivity contribution in [3.05, 3.63) is 60.2 Å². The smallest absolute Gasteiger partial charge is 0.260 e. The van der Waals surface area contributed by atoms with Gasteiger partial charge in [-0.2, -0.15) is 0 Å². The Morgan fingerprint density at radius 3 is 2.36 bits per heavy atom. The summed E-state index contributed by atoms with van der Waals surface area (Å²) in [5.74, 6) is 1.32. The molecule has 0 saturated carbocycles. The number of ether oxygens (including phenoxy) is 2. The normalized spacial score (nSPS) is 10.9. The van der Waals surface area contributed by atoms with Gasteiger partial charge in [-0.15, -0.1) is 12.4 Å². The average molecular weight is 486 g/mol. The van der Waals surface area contributed by atoms with Crippen LogP contribution < -0.4 is 14.4 Å². The number of carbonyl (C=O) groups is 1. The molecule has 4 rings (SSSR count). The standard InChI is InChI=1S/C25H27N3O3S.ClH/c1-27(2)15-8-16-28(24(29)19-12-7-10-17-9-5-6-11-18(17)19)25-26-22-20(30-3)13-14-21(31-4)23(22)32-25;/h5-7,9-14H,8,15-16H2,1-4H3;1H. The molecule has 0 bridgehead atoms. The fourth-order valence-corrected chi connectivity index (χ4v) is 4.87. The minimum absolute atomic E-state index is 0. The summed E-state index contributed by atoms with van der Waals surface area (Å²) in [6.45, 7) is 1.43. The van der Waals surface area contributed by atoms with E-state index in [1.165, 1.54) is 11.3 Å². The van der Waals surface area contributed by atoms with Gasteiger partial charge in [0.2, 0.25) is 0 Å². The number of benzene rings is 3. The van der Waals surface area contributed by atoms with Crippen LogP contribution in [0, 0.1) is 0 Å². The third-order valence-electron chi connectivity index (χ3n) is 5.38. The van der Waals surface area contributed by atoms with E-state index in [4.69, 9.17) is 14.5 Å². The fourth-order valence-electron chi connectivity index (χ4n) is 3.78. The first-order chi connectivity index (χ1) is 15.5. The van der Waals surface area contributed by atoms with Gasteiger partial charge in [-0.05, 0) is 56.0 Å². The molecule has 33 heavy (non-hydrogen) atoms. The number of aromatic nitrogens is 1. The predicted molar refractivity (Wildman–Crippen MR) is 139 cm³/mol. The van der Waals surface area contributed by atoms with Crippen LogP contribution in [-0.4, -0.2) is 57.2 Å². The van der Waals surface area contributed by atoms with Crippen molar-refractivity contribution >= 4 is 55.8 Å². The van der Waals surface area contributed by atoms with E-state index in [-0.39, 0.29) is 18.3 Å². The molecule has 0 aliphatic heterocycles. The Bertz CT molecular complexity index is 1210. The van der Waals surface area contributed by atoms with Gasteiger partial charge in [0.15, 0.2) is 5.13 Å². The summed E-state index contributed by atoms with van der Waals surface area (Å²) in [6.07, 6.45) is 0.827. The number of hydrogen-bond acceptors (Lipinski definition) is 6. The summed E-state index contributed by atoms with van der Waals surface area (Å²) in [4.78, 5) is 22.6. The molecule has 6 nitrogen and oxygen atoms in total. The summed E-state index contributed by atoms with van der Waals surface area (Å²) < 4.78 is 11.9. The van der Waals surface area contributed by atoms with Crippen molar-refractivity contribution in [1.82, 2.24) is 9.88 Å². The third kappa shape index (κ3) is 5.05. The molecular weight excluding hydrogens is 458 g/mol. The largest absolute Gasteiger partial charge is 0.495 e. The van der Waals surface area contributed by atoms with Crippen molar-refractivity contribution in [3.63, 3.8) is 0 Å². The van der Waals surface area contributed by atoms with Gasteiger partial charge in [-0.25, -0.2) is 4.98 Å². The minimum Gasteiger partial charge on any atom is -0.495 e. The van der Waals surface area contributed by atoms with Crippen LogP contribution in [0.25, 0.3) is 21.0 Å². The number of nitrogens with zero attached hydrogens (tertiary/aromatic N) is 3. The maximum absolute atomic E-state index is 13.8. The second-order valence-electron chi connectivity index (χ2n) is 7.78. The van der Waals surface area contributed by atoms with Crippen LogP contribution in [0.2, 0.25) is 0 Å².